The number of thiophene rings is 1. The molecule has 1 saturated heterocycles. The highest BCUT2D eigenvalue weighted by molar-refractivity contribution is 7.17. The number of aromatic nitrogens is 2. The molecule has 146 valence electrons. The monoisotopic (exact) mass is 398 g/mol. The van der Waals surface area contributed by atoms with Crippen molar-refractivity contribution in [3.63, 3.8) is 0 Å². The van der Waals surface area contributed by atoms with Gasteiger partial charge in [0, 0.05) is 24.6 Å². The molecule has 1 aliphatic heterocycles. The number of ether oxygens (including phenoxy) is 2. The highest BCUT2D eigenvalue weighted by Gasteiger charge is 2.29. The van der Waals surface area contributed by atoms with Gasteiger partial charge >= 0.3 is 0 Å². The van der Waals surface area contributed by atoms with E-state index in [1.54, 1.807) is 18.4 Å². The summed E-state index contributed by atoms with van der Waals surface area (Å²) in [6.45, 7) is 0.888. The molecular weight excluding hydrogens is 376 g/mol. The van der Waals surface area contributed by atoms with E-state index in [-0.39, 0.29) is 6.10 Å². The Bertz CT molecular complexity index is 976. The van der Waals surface area contributed by atoms with E-state index >= 15 is 0 Å². The third kappa shape index (κ3) is 3.84. The number of hydrogen-bond acceptors (Lipinski definition) is 7. The summed E-state index contributed by atoms with van der Waals surface area (Å²) in [5, 5.41) is 6.50. The van der Waals surface area contributed by atoms with Crippen LogP contribution in [0.1, 0.15) is 18.7 Å². The summed E-state index contributed by atoms with van der Waals surface area (Å²) in [5.41, 5.74) is 7.56. The number of rotatable bonds is 7. The van der Waals surface area contributed by atoms with Crippen molar-refractivity contribution in [2.75, 3.05) is 19.0 Å². The van der Waals surface area contributed by atoms with Gasteiger partial charge in [0.2, 0.25) is 5.91 Å². The maximum Gasteiger partial charge on any atom is 0.246 e. The summed E-state index contributed by atoms with van der Waals surface area (Å²) in [6, 6.07) is 10.2. The molecule has 1 aliphatic rings. The fourth-order valence-corrected chi connectivity index (χ4v) is 4.38. The lowest BCUT2D eigenvalue weighted by atomic mass is 10.1. The Hall–Kier alpha value is -2.55. The van der Waals surface area contributed by atoms with Crippen LogP contribution in [0.5, 0.6) is 0 Å². The molecule has 0 spiro atoms. The van der Waals surface area contributed by atoms with Crippen molar-refractivity contribution in [1.29, 1.82) is 0 Å². The lowest BCUT2D eigenvalue weighted by Gasteiger charge is -2.15. The van der Waals surface area contributed by atoms with Crippen LogP contribution in [0, 0.1) is 0 Å². The number of carbonyl (C=O) groups is 1. The van der Waals surface area contributed by atoms with E-state index < -0.39 is 12.0 Å². The Morgan fingerprint density at radius 2 is 2.14 bits per heavy atom. The normalized spacial score (nSPS) is 19.2. The SMILES string of the molecule is COCc1nc(NCC2CCC(C(N)=O)O2)c2c(-c3ccccc3)csc2n1. The first kappa shape index (κ1) is 18.8. The number of nitrogens with one attached hydrogen (secondary N) is 1. The minimum Gasteiger partial charge on any atom is -0.377 e. The summed E-state index contributed by atoms with van der Waals surface area (Å²) >= 11 is 1.59. The molecule has 2 atom stereocenters. The molecule has 3 heterocycles. The molecule has 0 radical (unpaired) electrons. The van der Waals surface area contributed by atoms with Gasteiger partial charge in [-0.3, -0.25) is 4.79 Å². The van der Waals surface area contributed by atoms with Crippen molar-refractivity contribution in [3.8, 4) is 11.1 Å². The van der Waals surface area contributed by atoms with Crippen LogP contribution in [0.3, 0.4) is 0 Å². The van der Waals surface area contributed by atoms with Crippen molar-refractivity contribution in [2.45, 2.75) is 31.7 Å². The lowest BCUT2D eigenvalue weighted by Crippen LogP contribution is -2.30. The third-order valence-electron chi connectivity index (χ3n) is 4.76. The van der Waals surface area contributed by atoms with Gasteiger partial charge < -0.3 is 20.5 Å². The third-order valence-corrected chi connectivity index (χ3v) is 5.63. The number of carbonyl (C=O) groups excluding carboxylic acids is 1. The molecule has 0 bridgehead atoms. The molecule has 2 unspecified atom stereocenters. The topological polar surface area (TPSA) is 99.4 Å². The predicted octanol–water partition coefficient (Wildman–Crippen LogP) is 2.95. The second-order valence-electron chi connectivity index (χ2n) is 6.72. The number of anilines is 1. The van der Waals surface area contributed by atoms with Gasteiger partial charge in [0.1, 0.15) is 23.4 Å². The number of nitrogens with zero attached hydrogens (tertiary/aromatic N) is 2. The number of nitrogens with two attached hydrogens (primary N) is 1. The molecule has 0 aliphatic carbocycles. The zero-order valence-corrected chi connectivity index (χ0v) is 16.4. The minimum absolute atomic E-state index is 0.0767. The first-order valence-corrected chi connectivity index (χ1v) is 10.0. The van der Waals surface area contributed by atoms with Crippen molar-refractivity contribution in [2.24, 2.45) is 5.73 Å². The number of hydrogen-bond donors (Lipinski definition) is 2. The van der Waals surface area contributed by atoms with Crippen molar-refractivity contribution < 1.29 is 14.3 Å². The smallest absolute Gasteiger partial charge is 0.246 e. The second kappa shape index (κ2) is 8.22. The molecule has 3 N–H and O–H groups in total. The largest absolute Gasteiger partial charge is 0.377 e. The summed E-state index contributed by atoms with van der Waals surface area (Å²) in [4.78, 5) is 21.5. The van der Waals surface area contributed by atoms with Crippen LogP contribution in [-0.2, 0) is 20.9 Å². The van der Waals surface area contributed by atoms with E-state index in [0.717, 1.165) is 33.6 Å². The van der Waals surface area contributed by atoms with Gasteiger partial charge in [-0.1, -0.05) is 30.3 Å². The van der Waals surface area contributed by atoms with Crippen LogP contribution in [-0.4, -0.2) is 41.7 Å². The second-order valence-corrected chi connectivity index (χ2v) is 7.58. The highest BCUT2D eigenvalue weighted by atomic mass is 32.1. The van der Waals surface area contributed by atoms with Gasteiger partial charge in [0.15, 0.2) is 5.82 Å². The average molecular weight is 398 g/mol. The van der Waals surface area contributed by atoms with Crippen LogP contribution in [0.4, 0.5) is 5.82 Å². The van der Waals surface area contributed by atoms with E-state index in [0.29, 0.717) is 25.4 Å². The average Bonchev–Trinajstić information content (AvgIpc) is 3.34. The van der Waals surface area contributed by atoms with E-state index in [1.807, 2.05) is 18.2 Å². The Morgan fingerprint density at radius 1 is 1.32 bits per heavy atom. The molecule has 2 aromatic heterocycles. The summed E-state index contributed by atoms with van der Waals surface area (Å²) < 4.78 is 10.9. The highest BCUT2D eigenvalue weighted by Crippen LogP contribution is 2.37. The van der Waals surface area contributed by atoms with Crippen molar-refractivity contribution in [1.82, 2.24) is 9.97 Å². The van der Waals surface area contributed by atoms with Gasteiger partial charge in [-0.05, 0) is 18.4 Å². The number of primary amides is 1. The lowest BCUT2D eigenvalue weighted by molar-refractivity contribution is -0.128. The Balaban J connectivity index is 1.65. The van der Waals surface area contributed by atoms with Gasteiger partial charge in [0.05, 0.1) is 11.5 Å². The maximum atomic E-state index is 11.3. The van der Waals surface area contributed by atoms with Crippen LogP contribution in [0.2, 0.25) is 0 Å². The Kier molecular flexibility index (Phi) is 5.52. The van der Waals surface area contributed by atoms with E-state index in [9.17, 15) is 4.79 Å². The zero-order valence-electron chi connectivity index (χ0n) is 15.6. The molecule has 7 nitrogen and oxygen atoms in total. The summed E-state index contributed by atoms with van der Waals surface area (Å²) in [7, 11) is 1.63. The van der Waals surface area contributed by atoms with Crippen LogP contribution in [0.25, 0.3) is 21.3 Å². The fraction of sp³-hybridized carbons (Fsp3) is 0.350. The van der Waals surface area contributed by atoms with Gasteiger partial charge in [-0.25, -0.2) is 9.97 Å². The Labute approximate surface area is 166 Å². The first-order chi connectivity index (χ1) is 13.7. The van der Waals surface area contributed by atoms with Gasteiger partial charge in [-0.15, -0.1) is 11.3 Å². The van der Waals surface area contributed by atoms with Crippen LogP contribution < -0.4 is 11.1 Å². The molecule has 3 aromatic rings. The van der Waals surface area contributed by atoms with Crippen LogP contribution in [0.15, 0.2) is 35.7 Å². The number of amides is 1. The molecule has 1 amide bonds. The van der Waals surface area contributed by atoms with Gasteiger partial charge in [0.25, 0.3) is 0 Å². The van der Waals surface area contributed by atoms with Crippen LogP contribution >= 0.6 is 11.3 Å². The number of benzene rings is 1. The molecule has 28 heavy (non-hydrogen) atoms. The van der Waals surface area contributed by atoms with E-state index in [1.165, 1.54) is 0 Å². The molecule has 8 heteroatoms. The molecule has 4 rings (SSSR count). The maximum absolute atomic E-state index is 11.3. The Morgan fingerprint density at radius 3 is 2.86 bits per heavy atom. The zero-order chi connectivity index (χ0) is 19.5. The number of methoxy groups -OCH3 is 1. The van der Waals surface area contributed by atoms with Crippen molar-refractivity contribution in [3.05, 3.63) is 41.5 Å². The first-order valence-electron chi connectivity index (χ1n) is 9.17. The molecule has 1 fully saturated rings. The predicted molar refractivity (Wildman–Crippen MR) is 109 cm³/mol. The molecule has 1 aromatic carbocycles. The molecular formula is C20H22N4O3S. The minimum atomic E-state index is -0.498. The number of fused-ring (bicyclic) bond motifs is 1. The van der Waals surface area contributed by atoms with Crippen molar-refractivity contribution >= 4 is 33.3 Å². The molecule has 0 saturated carbocycles. The fourth-order valence-electron chi connectivity index (χ4n) is 3.41. The summed E-state index contributed by atoms with van der Waals surface area (Å²) in [5.74, 6) is 0.975. The van der Waals surface area contributed by atoms with Gasteiger partial charge in [-0.2, -0.15) is 0 Å². The van der Waals surface area contributed by atoms with E-state index in [2.05, 4.69) is 32.8 Å². The standard InChI is InChI=1S/C20H22N4O3S/c1-26-10-16-23-19(22-9-13-7-8-15(27-13)18(21)25)17-14(11-28-20(17)24-16)12-5-3-2-4-6-12/h2-6,11,13,15H,7-10H2,1H3,(H2,21,25)(H,22,23,24). The van der Waals surface area contributed by atoms with E-state index in [4.69, 9.17) is 15.2 Å². The quantitative estimate of drug-likeness (QED) is 0.635. The summed E-state index contributed by atoms with van der Waals surface area (Å²) in [6.07, 6.45) is 0.868.